The number of hydrogen-bond donors (Lipinski definition) is 0. The van der Waals surface area contributed by atoms with E-state index in [2.05, 4.69) is 0 Å². The first-order valence-electron chi connectivity index (χ1n) is 7.26. The summed E-state index contributed by atoms with van der Waals surface area (Å²) in [7, 11) is 1.70. The smallest absolute Gasteiger partial charge is 0.309 e. The maximum atomic E-state index is 11.9. The highest BCUT2D eigenvalue weighted by Crippen LogP contribution is 2.28. The van der Waals surface area contributed by atoms with E-state index in [1.54, 1.807) is 7.11 Å². The van der Waals surface area contributed by atoms with Crippen molar-refractivity contribution in [3.05, 3.63) is 0 Å². The summed E-state index contributed by atoms with van der Waals surface area (Å²) in [6.45, 7) is 7.23. The van der Waals surface area contributed by atoms with Crippen molar-refractivity contribution < 1.29 is 19.0 Å². The number of ether oxygens (including phenoxy) is 3. The fourth-order valence-electron chi connectivity index (χ4n) is 2.30. The molecule has 0 N–H and O–H groups in total. The summed E-state index contributed by atoms with van der Waals surface area (Å²) in [5.41, 5.74) is -0.384. The van der Waals surface area contributed by atoms with E-state index in [1.807, 2.05) is 20.8 Å². The molecule has 0 amide bonds. The normalized spacial score (nSPS) is 24.2. The molecule has 1 aliphatic rings. The lowest BCUT2D eigenvalue weighted by molar-refractivity contribution is -0.162. The van der Waals surface area contributed by atoms with Gasteiger partial charge in [-0.25, -0.2) is 0 Å². The van der Waals surface area contributed by atoms with E-state index in [0.29, 0.717) is 6.10 Å². The Labute approximate surface area is 116 Å². The SMILES string of the molecule is COCCCO[C@H]1CC[C@@H](C(=O)OC(C)(C)C)CC1. The number of carbonyl (C=O) groups is 1. The Morgan fingerprint density at radius 1 is 1.11 bits per heavy atom. The lowest BCUT2D eigenvalue weighted by Crippen LogP contribution is -2.32. The molecule has 1 saturated carbocycles. The summed E-state index contributed by atoms with van der Waals surface area (Å²) in [4.78, 5) is 11.9. The highest BCUT2D eigenvalue weighted by molar-refractivity contribution is 5.72. The summed E-state index contributed by atoms with van der Waals surface area (Å²) >= 11 is 0. The van der Waals surface area contributed by atoms with E-state index >= 15 is 0 Å². The zero-order valence-electron chi connectivity index (χ0n) is 12.7. The van der Waals surface area contributed by atoms with Gasteiger partial charge in [-0.15, -0.1) is 0 Å². The second kappa shape index (κ2) is 7.85. The molecule has 112 valence electrons. The van der Waals surface area contributed by atoms with E-state index < -0.39 is 0 Å². The topological polar surface area (TPSA) is 44.8 Å². The standard InChI is InChI=1S/C15H28O4/c1-15(2,3)19-14(16)12-6-8-13(9-7-12)18-11-5-10-17-4/h12-13H,5-11H2,1-4H3/t12-,13+. The molecule has 0 aliphatic heterocycles. The average Bonchev–Trinajstić information content (AvgIpc) is 2.33. The fourth-order valence-corrected chi connectivity index (χ4v) is 2.30. The molecule has 0 radical (unpaired) electrons. The van der Waals surface area contributed by atoms with Crippen molar-refractivity contribution in [3.63, 3.8) is 0 Å². The van der Waals surface area contributed by atoms with Gasteiger partial charge >= 0.3 is 5.97 Å². The number of rotatable bonds is 6. The van der Waals surface area contributed by atoms with Gasteiger partial charge in [-0.05, 0) is 52.9 Å². The molecule has 0 aromatic rings. The van der Waals surface area contributed by atoms with Gasteiger partial charge in [0.1, 0.15) is 5.60 Å². The predicted molar refractivity (Wildman–Crippen MR) is 74.0 cm³/mol. The molecule has 0 aromatic carbocycles. The molecule has 0 aromatic heterocycles. The van der Waals surface area contributed by atoms with Gasteiger partial charge < -0.3 is 14.2 Å². The molecule has 0 heterocycles. The summed E-state index contributed by atoms with van der Waals surface area (Å²) in [6.07, 6.45) is 4.90. The van der Waals surface area contributed by atoms with E-state index in [9.17, 15) is 4.79 Å². The molecule has 19 heavy (non-hydrogen) atoms. The largest absolute Gasteiger partial charge is 0.460 e. The van der Waals surface area contributed by atoms with Crippen LogP contribution in [0.1, 0.15) is 52.9 Å². The summed E-state index contributed by atoms with van der Waals surface area (Å²) < 4.78 is 16.2. The minimum atomic E-state index is -0.384. The number of esters is 1. The Morgan fingerprint density at radius 2 is 1.74 bits per heavy atom. The first kappa shape index (κ1) is 16.4. The van der Waals surface area contributed by atoms with Crippen LogP contribution >= 0.6 is 0 Å². The van der Waals surface area contributed by atoms with Gasteiger partial charge in [0.15, 0.2) is 0 Å². The fraction of sp³-hybridized carbons (Fsp3) is 0.933. The van der Waals surface area contributed by atoms with Crippen molar-refractivity contribution in [1.29, 1.82) is 0 Å². The van der Waals surface area contributed by atoms with Gasteiger partial charge in [0, 0.05) is 20.3 Å². The Kier molecular flexibility index (Phi) is 6.80. The molecule has 0 bridgehead atoms. The minimum Gasteiger partial charge on any atom is -0.460 e. The van der Waals surface area contributed by atoms with Crippen molar-refractivity contribution >= 4 is 5.97 Å². The van der Waals surface area contributed by atoms with Crippen LogP contribution in [0.15, 0.2) is 0 Å². The molecule has 4 nitrogen and oxygen atoms in total. The van der Waals surface area contributed by atoms with Crippen molar-refractivity contribution in [1.82, 2.24) is 0 Å². The van der Waals surface area contributed by atoms with Crippen molar-refractivity contribution in [2.75, 3.05) is 20.3 Å². The Morgan fingerprint density at radius 3 is 2.26 bits per heavy atom. The van der Waals surface area contributed by atoms with Crippen LogP contribution in [0.2, 0.25) is 0 Å². The van der Waals surface area contributed by atoms with E-state index in [0.717, 1.165) is 45.3 Å². The Hall–Kier alpha value is -0.610. The maximum Gasteiger partial charge on any atom is 0.309 e. The quantitative estimate of drug-likeness (QED) is 0.551. The van der Waals surface area contributed by atoms with Crippen LogP contribution in [0, 0.1) is 5.92 Å². The highest BCUT2D eigenvalue weighted by Gasteiger charge is 2.30. The third-order valence-electron chi connectivity index (χ3n) is 3.26. The summed E-state index contributed by atoms with van der Waals surface area (Å²) in [5, 5.41) is 0. The van der Waals surface area contributed by atoms with E-state index in [-0.39, 0.29) is 17.5 Å². The van der Waals surface area contributed by atoms with E-state index in [1.165, 1.54) is 0 Å². The molecule has 0 saturated heterocycles. The third kappa shape index (κ3) is 6.92. The molecule has 0 unspecified atom stereocenters. The van der Waals surface area contributed by atoms with Crippen LogP contribution in [0.4, 0.5) is 0 Å². The second-order valence-corrected chi connectivity index (χ2v) is 6.22. The summed E-state index contributed by atoms with van der Waals surface area (Å²) in [5.74, 6) is 0.00313. The van der Waals surface area contributed by atoms with Gasteiger partial charge in [-0.1, -0.05) is 0 Å². The molecular formula is C15H28O4. The molecule has 1 rings (SSSR count). The van der Waals surface area contributed by atoms with Gasteiger partial charge in [0.05, 0.1) is 12.0 Å². The second-order valence-electron chi connectivity index (χ2n) is 6.22. The monoisotopic (exact) mass is 272 g/mol. The maximum absolute atomic E-state index is 11.9. The Balaban J connectivity index is 2.19. The number of methoxy groups -OCH3 is 1. The first-order chi connectivity index (χ1) is 8.92. The molecule has 0 atom stereocenters. The molecule has 1 fully saturated rings. The van der Waals surface area contributed by atoms with Gasteiger partial charge in [-0.3, -0.25) is 4.79 Å². The van der Waals surface area contributed by atoms with Crippen molar-refractivity contribution in [2.45, 2.75) is 64.6 Å². The van der Waals surface area contributed by atoms with Gasteiger partial charge in [-0.2, -0.15) is 0 Å². The van der Waals surface area contributed by atoms with Gasteiger partial charge in [0.2, 0.25) is 0 Å². The molecule has 1 aliphatic carbocycles. The number of hydrogen-bond acceptors (Lipinski definition) is 4. The third-order valence-corrected chi connectivity index (χ3v) is 3.26. The van der Waals surface area contributed by atoms with Crippen LogP contribution in [-0.4, -0.2) is 38.0 Å². The van der Waals surface area contributed by atoms with Crippen LogP contribution < -0.4 is 0 Å². The first-order valence-corrected chi connectivity index (χ1v) is 7.26. The van der Waals surface area contributed by atoms with Crippen LogP contribution in [0.3, 0.4) is 0 Å². The molecule has 4 heteroatoms. The predicted octanol–water partition coefficient (Wildman–Crippen LogP) is 2.94. The summed E-state index contributed by atoms with van der Waals surface area (Å²) in [6, 6.07) is 0. The van der Waals surface area contributed by atoms with Crippen LogP contribution in [0.25, 0.3) is 0 Å². The lowest BCUT2D eigenvalue weighted by Gasteiger charge is -2.29. The van der Waals surface area contributed by atoms with Crippen LogP contribution in [0.5, 0.6) is 0 Å². The van der Waals surface area contributed by atoms with Gasteiger partial charge in [0.25, 0.3) is 0 Å². The minimum absolute atomic E-state index is 0.0506. The average molecular weight is 272 g/mol. The Bertz CT molecular complexity index is 262. The van der Waals surface area contributed by atoms with Crippen molar-refractivity contribution in [2.24, 2.45) is 5.92 Å². The zero-order chi connectivity index (χ0) is 14.3. The number of carbonyl (C=O) groups excluding carboxylic acids is 1. The molecule has 0 spiro atoms. The lowest BCUT2D eigenvalue weighted by atomic mass is 9.87. The van der Waals surface area contributed by atoms with Crippen molar-refractivity contribution in [3.8, 4) is 0 Å². The zero-order valence-corrected chi connectivity index (χ0v) is 12.7. The molecular weight excluding hydrogens is 244 g/mol. The van der Waals surface area contributed by atoms with E-state index in [4.69, 9.17) is 14.2 Å². The highest BCUT2D eigenvalue weighted by atomic mass is 16.6. The van der Waals surface area contributed by atoms with Crippen LogP contribution in [-0.2, 0) is 19.0 Å².